The van der Waals surface area contributed by atoms with Gasteiger partial charge in [-0.15, -0.1) is 10.2 Å². The second-order valence-corrected chi connectivity index (χ2v) is 6.13. The molecule has 21 heavy (non-hydrogen) atoms. The molecule has 0 unspecified atom stereocenters. The van der Waals surface area contributed by atoms with Crippen molar-refractivity contribution in [2.75, 3.05) is 18.0 Å². The number of anilines is 1. The summed E-state index contributed by atoms with van der Waals surface area (Å²) >= 11 is 0. The third-order valence-corrected chi connectivity index (χ3v) is 4.44. The first-order valence-corrected chi connectivity index (χ1v) is 7.74. The third kappa shape index (κ3) is 2.50. The molecule has 1 saturated heterocycles. The van der Waals surface area contributed by atoms with E-state index in [9.17, 15) is 0 Å². The van der Waals surface area contributed by atoms with Gasteiger partial charge in [-0.1, -0.05) is 0 Å². The minimum absolute atomic E-state index is 0.456. The van der Waals surface area contributed by atoms with Crippen molar-refractivity contribution in [3.8, 4) is 0 Å². The normalized spacial score (nSPS) is 22.5. The monoisotopic (exact) mass is 284 g/mol. The van der Waals surface area contributed by atoms with Crippen LogP contribution < -0.4 is 4.90 Å². The van der Waals surface area contributed by atoms with E-state index in [2.05, 4.69) is 35.7 Å². The molecule has 1 saturated carbocycles. The number of rotatable bonds is 3. The number of aryl methyl sites for hydroxylation is 1. The van der Waals surface area contributed by atoms with E-state index < -0.39 is 0 Å². The van der Waals surface area contributed by atoms with E-state index in [1.165, 1.54) is 25.7 Å². The van der Waals surface area contributed by atoms with Gasteiger partial charge in [0.25, 0.3) is 0 Å². The SMILES string of the molecule is Cc1cc(N2CCC[C@@H](c3nncn3C3CC3)C2)ncn1. The van der Waals surface area contributed by atoms with Crippen molar-refractivity contribution in [2.45, 2.75) is 44.6 Å². The number of hydrogen-bond donors (Lipinski definition) is 0. The zero-order valence-corrected chi connectivity index (χ0v) is 12.3. The fourth-order valence-corrected chi connectivity index (χ4v) is 3.19. The number of piperidine rings is 1. The smallest absolute Gasteiger partial charge is 0.137 e. The van der Waals surface area contributed by atoms with Crippen molar-refractivity contribution >= 4 is 5.82 Å². The van der Waals surface area contributed by atoms with Crippen LogP contribution >= 0.6 is 0 Å². The van der Waals surface area contributed by atoms with E-state index in [1.807, 2.05) is 13.3 Å². The van der Waals surface area contributed by atoms with Gasteiger partial charge in [-0.25, -0.2) is 9.97 Å². The van der Waals surface area contributed by atoms with Gasteiger partial charge in [-0.3, -0.25) is 0 Å². The topological polar surface area (TPSA) is 59.7 Å². The number of hydrogen-bond acceptors (Lipinski definition) is 5. The summed E-state index contributed by atoms with van der Waals surface area (Å²) in [6.07, 6.45) is 8.46. The molecule has 1 aliphatic heterocycles. The standard InChI is InChI=1S/C15H20N6/c1-11-7-14(17-9-16-11)20-6-2-3-12(8-20)15-19-18-10-21(15)13-4-5-13/h7,9-10,12-13H,2-6,8H2,1H3/t12-/m1/s1. The molecule has 0 aromatic carbocycles. The van der Waals surface area contributed by atoms with Gasteiger partial charge in [-0.2, -0.15) is 0 Å². The highest BCUT2D eigenvalue weighted by Gasteiger charge is 2.31. The molecule has 2 aromatic heterocycles. The van der Waals surface area contributed by atoms with Crippen LogP contribution in [0.5, 0.6) is 0 Å². The Morgan fingerprint density at radius 3 is 2.90 bits per heavy atom. The Kier molecular flexibility index (Phi) is 3.09. The van der Waals surface area contributed by atoms with Crippen molar-refractivity contribution in [2.24, 2.45) is 0 Å². The maximum absolute atomic E-state index is 4.42. The molecule has 6 heteroatoms. The predicted octanol–water partition coefficient (Wildman–Crippen LogP) is 2.10. The van der Waals surface area contributed by atoms with E-state index >= 15 is 0 Å². The van der Waals surface area contributed by atoms with Gasteiger partial charge in [0.15, 0.2) is 0 Å². The lowest BCUT2D eigenvalue weighted by molar-refractivity contribution is 0.469. The summed E-state index contributed by atoms with van der Waals surface area (Å²) in [6, 6.07) is 2.71. The Bertz CT molecular complexity index is 633. The first kappa shape index (κ1) is 12.7. The molecule has 110 valence electrons. The molecule has 2 fully saturated rings. The van der Waals surface area contributed by atoms with E-state index in [0.29, 0.717) is 12.0 Å². The number of aromatic nitrogens is 5. The average molecular weight is 284 g/mol. The lowest BCUT2D eigenvalue weighted by atomic mass is 9.97. The Balaban J connectivity index is 1.56. The highest BCUT2D eigenvalue weighted by atomic mass is 15.3. The van der Waals surface area contributed by atoms with Gasteiger partial charge in [0.05, 0.1) is 0 Å². The molecule has 2 aliphatic rings. The Labute approximate surface area is 124 Å². The van der Waals surface area contributed by atoms with E-state index in [0.717, 1.165) is 30.4 Å². The zero-order chi connectivity index (χ0) is 14.2. The second kappa shape index (κ2) is 5.09. The van der Waals surface area contributed by atoms with Crippen molar-refractivity contribution in [3.05, 3.63) is 30.2 Å². The van der Waals surface area contributed by atoms with Gasteiger partial charge < -0.3 is 9.47 Å². The van der Waals surface area contributed by atoms with Crippen LogP contribution in [-0.4, -0.2) is 37.8 Å². The highest BCUT2D eigenvalue weighted by Crippen LogP contribution is 2.38. The van der Waals surface area contributed by atoms with Crippen molar-refractivity contribution in [1.29, 1.82) is 0 Å². The van der Waals surface area contributed by atoms with E-state index in [-0.39, 0.29) is 0 Å². The van der Waals surface area contributed by atoms with E-state index in [4.69, 9.17) is 0 Å². The quantitative estimate of drug-likeness (QED) is 0.863. The Morgan fingerprint density at radius 2 is 2.10 bits per heavy atom. The Hall–Kier alpha value is -1.98. The van der Waals surface area contributed by atoms with Gasteiger partial charge in [-0.05, 0) is 32.6 Å². The van der Waals surface area contributed by atoms with Crippen LogP contribution in [0, 0.1) is 6.92 Å². The molecule has 0 bridgehead atoms. The molecule has 0 N–H and O–H groups in total. The van der Waals surface area contributed by atoms with Crippen LogP contribution in [0.15, 0.2) is 18.7 Å². The summed E-state index contributed by atoms with van der Waals surface area (Å²) in [4.78, 5) is 11.0. The van der Waals surface area contributed by atoms with Crippen molar-refractivity contribution in [1.82, 2.24) is 24.7 Å². The second-order valence-electron chi connectivity index (χ2n) is 6.13. The first-order chi connectivity index (χ1) is 10.3. The van der Waals surface area contributed by atoms with Crippen LogP contribution in [0.3, 0.4) is 0 Å². The predicted molar refractivity (Wildman–Crippen MR) is 79.3 cm³/mol. The summed E-state index contributed by atoms with van der Waals surface area (Å²) in [5.41, 5.74) is 1.02. The van der Waals surface area contributed by atoms with Crippen LogP contribution in [0.4, 0.5) is 5.82 Å². The Morgan fingerprint density at radius 1 is 1.19 bits per heavy atom. The van der Waals surface area contributed by atoms with Crippen LogP contribution in [-0.2, 0) is 0 Å². The fraction of sp³-hybridized carbons (Fsp3) is 0.600. The molecule has 3 heterocycles. The fourth-order valence-electron chi connectivity index (χ4n) is 3.19. The minimum atomic E-state index is 0.456. The molecule has 2 aromatic rings. The summed E-state index contributed by atoms with van der Waals surface area (Å²) < 4.78 is 2.29. The minimum Gasteiger partial charge on any atom is -0.356 e. The maximum Gasteiger partial charge on any atom is 0.137 e. The molecular formula is C15H20N6. The molecule has 0 spiro atoms. The molecule has 4 rings (SSSR count). The van der Waals surface area contributed by atoms with Crippen LogP contribution in [0.2, 0.25) is 0 Å². The highest BCUT2D eigenvalue weighted by molar-refractivity contribution is 5.39. The lowest BCUT2D eigenvalue weighted by Gasteiger charge is -2.33. The van der Waals surface area contributed by atoms with E-state index in [1.54, 1.807) is 6.33 Å². The van der Waals surface area contributed by atoms with Gasteiger partial charge in [0.1, 0.15) is 24.3 Å². The molecular weight excluding hydrogens is 264 g/mol. The molecule has 1 atom stereocenters. The van der Waals surface area contributed by atoms with Gasteiger partial charge >= 0.3 is 0 Å². The first-order valence-electron chi connectivity index (χ1n) is 7.74. The molecule has 6 nitrogen and oxygen atoms in total. The summed E-state index contributed by atoms with van der Waals surface area (Å²) in [6.45, 7) is 4.04. The van der Waals surface area contributed by atoms with Crippen LogP contribution in [0.1, 0.15) is 49.2 Å². The summed E-state index contributed by atoms with van der Waals surface area (Å²) in [5.74, 6) is 2.65. The van der Waals surface area contributed by atoms with Gasteiger partial charge in [0.2, 0.25) is 0 Å². The molecule has 1 aliphatic carbocycles. The van der Waals surface area contributed by atoms with Crippen molar-refractivity contribution in [3.63, 3.8) is 0 Å². The van der Waals surface area contributed by atoms with Gasteiger partial charge in [0, 0.05) is 36.8 Å². The molecule has 0 amide bonds. The third-order valence-electron chi connectivity index (χ3n) is 4.44. The molecule has 0 radical (unpaired) electrons. The lowest BCUT2D eigenvalue weighted by Crippen LogP contribution is -2.36. The van der Waals surface area contributed by atoms with Crippen molar-refractivity contribution < 1.29 is 0 Å². The summed E-state index contributed by atoms with van der Waals surface area (Å²) in [5, 5.41) is 8.54. The zero-order valence-electron chi connectivity index (χ0n) is 12.3. The summed E-state index contributed by atoms with van der Waals surface area (Å²) in [7, 11) is 0. The average Bonchev–Trinajstić information content (AvgIpc) is 3.24. The maximum atomic E-state index is 4.42. The van der Waals surface area contributed by atoms with Crippen LogP contribution in [0.25, 0.3) is 0 Å². The number of nitrogens with zero attached hydrogens (tertiary/aromatic N) is 6. The largest absolute Gasteiger partial charge is 0.356 e.